The van der Waals surface area contributed by atoms with Gasteiger partial charge in [-0.15, -0.1) is 0 Å². The first kappa shape index (κ1) is 15.5. The molecule has 6 nitrogen and oxygen atoms in total. The number of nitrogens with zero attached hydrogens (tertiary/aromatic N) is 2. The van der Waals surface area contributed by atoms with Gasteiger partial charge in [-0.25, -0.2) is 4.79 Å². The second-order valence-corrected chi connectivity index (χ2v) is 5.99. The third kappa shape index (κ3) is 2.93. The fourth-order valence-corrected chi connectivity index (χ4v) is 3.15. The molecule has 0 spiro atoms. The molecule has 0 unspecified atom stereocenters. The van der Waals surface area contributed by atoms with Crippen LogP contribution in [0, 0.1) is 0 Å². The standard InChI is InChI=1S/C17H21N3O3/c1-2-8-18-15(21)7-9-19-16(22)14-10-12-5-3-4-6-13(12)11-20(14)17(19)23/h3-6,14H,2,7-11H2,1H3,(H,18,21)/t14-/m0/s1. The summed E-state index contributed by atoms with van der Waals surface area (Å²) < 4.78 is 0. The predicted octanol–water partition coefficient (Wildman–Crippen LogP) is 1.29. The SMILES string of the molecule is CCCNC(=O)CCN1C(=O)[C@@H]2Cc3ccccc3CN2C1=O. The number of amides is 4. The van der Waals surface area contributed by atoms with Crippen LogP contribution in [-0.4, -0.2) is 46.8 Å². The topological polar surface area (TPSA) is 69.7 Å². The zero-order valence-corrected chi connectivity index (χ0v) is 13.2. The highest BCUT2D eigenvalue weighted by atomic mass is 16.2. The molecule has 2 aliphatic heterocycles. The number of urea groups is 1. The fraction of sp³-hybridized carbons (Fsp3) is 0.471. The monoisotopic (exact) mass is 315 g/mol. The molecule has 2 heterocycles. The number of fused-ring (bicyclic) bond motifs is 2. The van der Waals surface area contributed by atoms with E-state index < -0.39 is 6.04 Å². The van der Waals surface area contributed by atoms with Crippen molar-refractivity contribution in [2.45, 2.75) is 38.8 Å². The summed E-state index contributed by atoms with van der Waals surface area (Å²) in [6.07, 6.45) is 1.58. The molecule has 4 amide bonds. The average molecular weight is 315 g/mol. The van der Waals surface area contributed by atoms with Crippen molar-refractivity contribution in [1.29, 1.82) is 0 Å². The highest BCUT2D eigenvalue weighted by Gasteiger charge is 2.46. The smallest absolute Gasteiger partial charge is 0.327 e. The maximum atomic E-state index is 12.5. The summed E-state index contributed by atoms with van der Waals surface area (Å²) in [5, 5.41) is 2.76. The molecule has 3 rings (SSSR count). The van der Waals surface area contributed by atoms with Gasteiger partial charge >= 0.3 is 6.03 Å². The Bertz CT molecular complexity index is 601. The molecule has 0 aliphatic carbocycles. The van der Waals surface area contributed by atoms with Gasteiger partial charge in [-0.2, -0.15) is 0 Å². The molecule has 122 valence electrons. The lowest BCUT2D eigenvalue weighted by molar-refractivity contribution is -0.129. The van der Waals surface area contributed by atoms with E-state index in [0.29, 0.717) is 19.5 Å². The Morgan fingerprint density at radius 1 is 1.26 bits per heavy atom. The number of imide groups is 1. The zero-order valence-electron chi connectivity index (χ0n) is 13.2. The highest BCUT2D eigenvalue weighted by Crippen LogP contribution is 2.29. The van der Waals surface area contributed by atoms with Gasteiger partial charge in [-0.1, -0.05) is 31.2 Å². The Labute approximate surface area is 135 Å². The van der Waals surface area contributed by atoms with Crippen LogP contribution in [-0.2, 0) is 22.6 Å². The molecule has 6 heteroatoms. The quantitative estimate of drug-likeness (QED) is 0.833. The molecule has 1 fully saturated rings. The Morgan fingerprint density at radius 2 is 2.00 bits per heavy atom. The molecule has 23 heavy (non-hydrogen) atoms. The van der Waals surface area contributed by atoms with Gasteiger partial charge in [0.05, 0.1) is 0 Å². The van der Waals surface area contributed by atoms with Gasteiger partial charge in [0.25, 0.3) is 5.91 Å². The van der Waals surface area contributed by atoms with E-state index in [2.05, 4.69) is 5.32 Å². The number of carbonyl (C=O) groups is 3. The summed E-state index contributed by atoms with van der Waals surface area (Å²) in [4.78, 5) is 39.5. The van der Waals surface area contributed by atoms with Crippen LogP contribution in [0.3, 0.4) is 0 Å². The minimum absolute atomic E-state index is 0.124. The molecule has 0 bridgehead atoms. The number of nitrogens with one attached hydrogen (secondary N) is 1. The maximum Gasteiger partial charge on any atom is 0.327 e. The minimum atomic E-state index is -0.420. The van der Waals surface area contributed by atoms with Crippen molar-refractivity contribution in [3.05, 3.63) is 35.4 Å². The van der Waals surface area contributed by atoms with E-state index >= 15 is 0 Å². The molecule has 1 atom stereocenters. The van der Waals surface area contributed by atoms with Crippen molar-refractivity contribution in [2.75, 3.05) is 13.1 Å². The second-order valence-electron chi connectivity index (χ2n) is 5.99. The van der Waals surface area contributed by atoms with Crippen LogP contribution in [0.1, 0.15) is 30.9 Å². The first-order valence-electron chi connectivity index (χ1n) is 8.07. The molecule has 1 aromatic rings. The normalized spacial score (nSPS) is 19.6. The maximum absolute atomic E-state index is 12.5. The van der Waals surface area contributed by atoms with Gasteiger partial charge in [-0.3, -0.25) is 14.5 Å². The second kappa shape index (κ2) is 6.40. The van der Waals surface area contributed by atoms with E-state index in [4.69, 9.17) is 0 Å². The van der Waals surface area contributed by atoms with Crippen LogP contribution in [0.5, 0.6) is 0 Å². The Morgan fingerprint density at radius 3 is 2.74 bits per heavy atom. The van der Waals surface area contributed by atoms with E-state index in [0.717, 1.165) is 17.5 Å². The van der Waals surface area contributed by atoms with Crippen molar-refractivity contribution < 1.29 is 14.4 Å². The summed E-state index contributed by atoms with van der Waals surface area (Å²) in [7, 11) is 0. The van der Waals surface area contributed by atoms with Gasteiger partial charge in [0.15, 0.2) is 0 Å². The molecule has 2 aliphatic rings. The van der Waals surface area contributed by atoms with Crippen LogP contribution in [0.15, 0.2) is 24.3 Å². The van der Waals surface area contributed by atoms with E-state index in [-0.39, 0.29) is 30.8 Å². The van der Waals surface area contributed by atoms with Crippen LogP contribution in [0.2, 0.25) is 0 Å². The van der Waals surface area contributed by atoms with Gasteiger partial charge < -0.3 is 10.2 Å². The average Bonchev–Trinajstić information content (AvgIpc) is 2.80. The van der Waals surface area contributed by atoms with E-state index in [1.165, 1.54) is 4.90 Å². The Hall–Kier alpha value is -2.37. The van der Waals surface area contributed by atoms with Gasteiger partial charge in [0.2, 0.25) is 5.91 Å². The van der Waals surface area contributed by atoms with Crippen LogP contribution >= 0.6 is 0 Å². The van der Waals surface area contributed by atoms with Gasteiger partial charge in [0.1, 0.15) is 6.04 Å². The highest BCUT2D eigenvalue weighted by molar-refractivity contribution is 6.04. The lowest BCUT2D eigenvalue weighted by Gasteiger charge is -2.28. The Kier molecular flexibility index (Phi) is 4.32. The lowest BCUT2D eigenvalue weighted by Crippen LogP contribution is -2.39. The minimum Gasteiger partial charge on any atom is -0.356 e. The van der Waals surface area contributed by atoms with E-state index in [9.17, 15) is 14.4 Å². The van der Waals surface area contributed by atoms with E-state index in [1.807, 2.05) is 31.2 Å². The lowest BCUT2D eigenvalue weighted by atomic mass is 9.95. The van der Waals surface area contributed by atoms with Crippen molar-refractivity contribution >= 4 is 17.8 Å². The van der Waals surface area contributed by atoms with Crippen LogP contribution in [0.4, 0.5) is 4.79 Å². The first-order chi connectivity index (χ1) is 11.1. The largest absolute Gasteiger partial charge is 0.356 e. The third-order valence-electron chi connectivity index (χ3n) is 4.41. The molecular formula is C17H21N3O3. The molecule has 0 radical (unpaired) electrons. The molecule has 1 aromatic carbocycles. The van der Waals surface area contributed by atoms with Crippen molar-refractivity contribution in [3.8, 4) is 0 Å². The summed E-state index contributed by atoms with van der Waals surface area (Å²) >= 11 is 0. The molecule has 1 N–H and O–H groups in total. The number of rotatable bonds is 5. The van der Waals surface area contributed by atoms with Gasteiger partial charge in [-0.05, 0) is 17.5 Å². The summed E-state index contributed by atoms with van der Waals surface area (Å²) in [6.45, 7) is 3.20. The number of carbonyl (C=O) groups excluding carboxylic acids is 3. The summed E-state index contributed by atoms with van der Waals surface area (Å²) in [6, 6.07) is 7.19. The summed E-state index contributed by atoms with van der Waals surface area (Å²) in [5.74, 6) is -0.312. The third-order valence-corrected chi connectivity index (χ3v) is 4.41. The number of benzene rings is 1. The van der Waals surface area contributed by atoms with Gasteiger partial charge in [0, 0.05) is 32.5 Å². The zero-order chi connectivity index (χ0) is 16.4. The fourth-order valence-electron chi connectivity index (χ4n) is 3.15. The van der Waals surface area contributed by atoms with Crippen molar-refractivity contribution in [1.82, 2.24) is 15.1 Å². The molecule has 1 saturated heterocycles. The van der Waals surface area contributed by atoms with Crippen molar-refractivity contribution in [2.24, 2.45) is 0 Å². The van der Waals surface area contributed by atoms with E-state index in [1.54, 1.807) is 4.90 Å². The Balaban J connectivity index is 1.67. The van der Waals surface area contributed by atoms with Crippen LogP contribution in [0.25, 0.3) is 0 Å². The first-order valence-corrected chi connectivity index (χ1v) is 8.07. The molecular weight excluding hydrogens is 294 g/mol. The number of hydrogen-bond donors (Lipinski definition) is 1. The molecule has 0 aromatic heterocycles. The van der Waals surface area contributed by atoms with Crippen molar-refractivity contribution in [3.63, 3.8) is 0 Å². The van der Waals surface area contributed by atoms with Crippen LogP contribution < -0.4 is 5.32 Å². The number of hydrogen-bond acceptors (Lipinski definition) is 3. The summed E-state index contributed by atoms with van der Waals surface area (Å²) in [5.41, 5.74) is 2.21. The molecule has 0 saturated carbocycles. The predicted molar refractivity (Wildman–Crippen MR) is 84.5 cm³/mol.